The summed E-state index contributed by atoms with van der Waals surface area (Å²) in [6.45, 7) is 5.46. The molecule has 1 atom stereocenters. The van der Waals surface area contributed by atoms with Crippen molar-refractivity contribution in [3.8, 4) is 6.07 Å². The molecule has 1 amide bonds. The highest BCUT2D eigenvalue weighted by atomic mass is 31.2. The predicted octanol–water partition coefficient (Wildman–Crippen LogP) is 4.58. The van der Waals surface area contributed by atoms with Gasteiger partial charge in [0, 0.05) is 30.8 Å². The van der Waals surface area contributed by atoms with Gasteiger partial charge in [-0.15, -0.1) is 0 Å². The minimum Gasteiger partial charge on any atom is -0.363 e. The number of pyridine rings is 1. The topological polar surface area (TPSA) is 112 Å². The number of rotatable bonds is 5. The van der Waals surface area contributed by atoms with Crippen LogP contribution in [0.1, 0.15) is 41.9 Å². The van der Waals surface area contributed by atoms with Gasteiger partial charge in [-0.3, -0.25) is 9.78 Å². The van der Waals surface area contributed by atoms with Gasteiger partial charge in [0.1, 0.15) is 30.6 Å². The first-order chi connectivity index (χ1) is 17.4. The zero-order valence-corrected chi connectivity index (χ0v) is 21.5. The number of alkyl halides is 3. The fourth-order valence-electron chi connectivity index (χ4n) is 4.63. The summed E-state index contributed by atoms with van der Waals surface area (Å²) in [6, 6.07) is 7.09. The van der Waals surface area contributed by atoms with E-state index in [1.165, 1.54) is 19.2 Å². The van der Waals surface area contributed by atoms with Crippen molar-refractivity contribution in [3.63, 3.8) is 0 Å². The number of hydrogen-bond acceptors (Lipinski definition) is 7. The summed E-state index contributed by atoms with van der Waals surface area (Å²) in [6.07, 6.45) is -2.65. The first-order valence-electron chi connectivity index (χ1n) is 11.7. The van der Waals surface area contributed by atoms with Crippen LogP contribution in [-0.4, -0.2) is 51.2 Å². The highest BCUT2D eigenvalue weighted by molar-refractivity contribution is 7.71. The Kier molecular flexibility index (Phi) is 7.24. The average molecular weight is 530 g/mol. The number of nitrogens with one attached hydrogen (secondary N) is 1. The lowest BCUT2D eigenvalue weighted by Gasteiger charge is -2.31. The van der Waals surface area contributed by atoms with E-state index in [2.05, 4.69) is 20.3 Å². The van der Waals surface area contributed by atoms with Crippen molar-refractivity contribution in [2.75, 3.05) is 30.7 Å². The number of halogens is 3. The maximum absolute atomic E-state index is 13.8. The smallest absolute Gasteiger partial charge is 0.363 e. The summed E-state index contributed by atoms with van der Waals surface area (Å²) in [4.78, 5) is 26.9. The molecule has 37 heavy (non-hydrogen) atoms. The molecule has 1 aliphatic heterocycles. The Morgan fingerprint density at radius 1 is 1.24 bits per heavy atom. The molecule has 1 fully saturated rings. The fourth-order valence-corrected chi connectivity index (χ4v) is 7.07. The minimum absolute atomic E-state index is 0.134. The quantitative estimate of drug-likeness (QED) is 0.481. The van der Waals surface area contributed by atoms with Crippen molar-refractivity contribution in [1.82, 2.24) is 19.9 Å². The van der Waals surface area contributed by atoms with Crippen LogP contribution in [0.15, 0.2) is 30.5 Å². The zero-order valence-electron chi connectivity index (χ0n) is 20.6. The van der Waals surface area contributed by atoms with Crippen LogP contribution in [0.25, 0.3) is 10.9 Å². The molecule has 0 spiro atoms. The second-order valence-electron chi connectivity index (χ2n) is 9.11. The third-order valence-electron chi connectivity index (χ3n) is 6.64. The Balaban J connectivity index is 1.66. The van der Waals surface area contributed by atoms with Crippen molar-refractivity contribution >= 4 is 35.2 Å². The van der Waals surface area contributed by atoms with Crippen molar-refractivity contribution < 1.29 is 22.5 Å². The largest absolute Gasteiger partial charge is 0.416 e. The highest BCUT2D eigenvalue weighted by Gasteiger charge is 2.35. The maximum atomic E-state index is 13.8. The van der Waals surface area contributed by atoms with Crippen molar-refractivity contribution in [3.05, 3.63) is 53.0 Å². The third-order valence-corrected chi connectivity index (χ3v) is 9.57. The molecule has 1 saturated heterocycles. The van der Waals surface area contributed by atoms with Gasteiger partial charge >= 0.3 is 6.18 Å². The summed E-state index contributed by atoms with van der Waals surface area (Å²) in [5, 5.41) is 12.5. The lowest BCUT2D eigenvalue weighted by Crippen LogP contribution is -2.41. The lowest BCUT2D eigenvalue weighted by molar-refractivity contribution is -0.138. The van der Waals surface area contributed by atoms with Gasteiger partial charge in [-0.1, -0.05) is 12.1 Å². The van der Waals surface area contributed by atoms with Gasteiger partial charge in [0.15, 0.2) is 0 Å². The Morgan fingerprint density at radius 2 is 1.95 bits per heavy atom. The van der Waals surface area contributed by atoms with E-state index in [-0.39, 0.29) is 43.3 Å². The molecule has 1 N–H and O–H groups in total. The van der Waals surface area contributed by atoms with Crippen LogP contribution in [0.4, 0.5) is 19.0 Å². The molecule has 0 bridgehead atoms. The molecule has 194 valence electrons. The molecule has 3 aromatic rings. The number of aromatic nitrogens is 3. The summed E-state index contributed by atoms with van der Waals surface area (Å²) in [7, 11) is -2.92. The molecule has 12 heteroatoms. The molecule has 2 aromatic heterocycles. The molecule has 3 heterocycles. The molecule has 1 aromatic carbocycles. The van der Waals surface area contributed by atoms with Gasteiger partial charge in [0.25, 0.3) is 0 Å². The van der Waals surface area contributed by atoms with Gasteiger partial charge in [-0.05, 0) is 44.0 Å². The molecule has 4 rings (SSSR count). The Bertz CT molecular complexity index is 1440. The number of amides is 1. The summed E-state index contributed by atoms with van der Waals surface area (Å²) in [5.41, 5.74) is 0.837. The van der Waals surface area contributed by atoms with Crippen LogP contribution in [0.2, 0.25) is 0 Å². The number of fused-ring (bicyclic) bond motifs is 1. The Labute approximate surface area is 212 Å². The lowest BCUT2D eigenvalue weighted by atomic mass is 9.97. The van der Waals surface area contributed by atoms with E-state index in [1.54, 1.807) is 30.9 Å². The van der Waals surface area contributed by atoms with Crippen LogP contribution in [0, 0.1) is 25.2 Å². The van der Waals surface area contributed by atoms with Crippen LogP contribution in [0.5, 0.6) is 0 Å². The molecular weight excluding hydrogens is 504 g/mol. The highest BCUT2D eigenvalue weighted by Crippen LogP contribution is 2.46. The molecule has 8 nitrogen and oxygen atoms in total. The van der Waals surface area contributed by atoms with Crippen LogP contribution in [0.3, 0.4) is 0 Å². The van der Waals surface area contributed by atoms with Crippen molar-refractivity contribution in [2.24, 2.45) is 0 Å². The Morgan fingerprint density at radius 3 is 2.59 bits per heavy atom. The number of benzene rings is 1. The number of hydrogen-bond donors (Lipinski definition) is 1. The molecule has 1 aliphatic rings. The first-order valence-corrected chi connectivity index (χ1v) is 13.8. The zero-order chi connectivity index (χ0) is 27.0. The SMILES string of the molecule is Cc1nc(N[C@H](C)c2cccc(C(F)(F)F)c2C)c2cc(P3(=O)CCN(C(=O)CC#N)CC3)ncc2n1. The van der Waals surface area contributed by atoms with Crippen molar-refractivity contribution in [1.29, 1.82) is 5.26 Å². The minimum atomic E-state index is -4.46. The summed E-state index contributed by atoms with van der Waals surface area (Å²) < 4.78 is 54.1. The average Bonchev–Trinajstić information content (AvgIpc) is 2.83. The second kappa shape index (κ2) is 10.1. The normalized spacial score (nSPS) is 16.3. The number of aryl methyl sites for hydroxylation is 1. The molecular formula is C25H26F3N6O2P. The molecule has 0 radical (unpaired) electrons. The monoisotopic (exact) mass is 530 g/mol. The summed E-state index contributed by atoms with van der Waals surface area (Å²) >= 11 is 0. The number of carbonyl (C=O) groups is 1. The number of anilines is 1. The van der Waals surface area contributed by atoms with Gasteiger partial charge in [-0.25, -0.2) is 9.97 Å². The van der Waals surface area contributed by atoms with Gasteiger partial charge in [0.2, 0.25) is 5.91 Å². The van der Waals surface area contributed by atoms with E-state index in [0.29, 0.717) is 33.5 Å². The van der Waals surface area contributed by atoms with Crippen LogP contribution < -0.4 is 10.8 Å². The number of nitriles is 1. The predicted molar refractivity (Wildman–Crippen MR) is 134 cm³/mol. The van der Waals surface area contributed by atoms with E-state index >= 15 is 0 Å². The Hall–Kier alpha value is -3.51. The number of nitrogens with zero attached hydrogens (tertiary/aromatic N) is 5. The standard InChI is InChI=1S/C25H26F3N6O2P/c1-15-18(5-4-6-20(15)25(26,27)28)16(2)31-24-19-13-22(30-14-21(19)32-17(3)33-24)37(36)11-9-34(10-12-37)23(35)7-8-29/h4-6,13-14,16H,7,9-12H2,1-3H3,(H,31,32,33)/t16-/m1/s1. The van der Waals surface area contributed by atoms with E-state index in [0.717, 1.165) is 6.07 Å². The molecule has 0 unspecified atom stereocenters. The van der Waals surface area contributed by atoms with Crippen LogP contribution >= 0.6 is 7.14 Å². The molecule has 0 saturated carbocycles. The summed E-state index contributed by atoms with van der Waals surface area (Å²) in [5.74, 6) is 0.577. The van der Waals surface area contributed by atoms with Gasteiger partial charge in [0.05, 0.1) is 29.4 Å². The van der Waals surface area contributed by atoms with Crippen molar-refractivity contribution in [2.45, 2.75) is 39.4 Å². The van der Waals surface area contributed by atoms with E-state index in [9.17, 15) is 22.5 Å². The van der Waals surface area contributed by atoms with E-state index < -0.39 is 24.9 Å². The van der Waals surface area contributed by atoms with Crippen LogP contribution in [-0.2, 0) is 15.5 Å². The maximum Gasteiger partial charge on any atom is 0.416 e. The number of carbonyl (C=O) groups excluding carboxylic acids is 1. The third kappa shape index (κ3) is 5.44. The van der Waals surface area contributed by atoms with Gasteiger partial charge < -0.3 is 14.8 Å². The van der Waals surface area contributed by atoms with E-state index in [4.69, 9.17) is 5.26 Å². The van der Waals surface area contributed by atoms with E-state index in [1.807, 2.05) is 6.07 Å². The van der Waals surface area contributed by atoms with Gasteiger partial charge in [-0.2, -0.15) is 18.4 Å². The first kappa shape index (κ1) is 26.6. The molecule has 0 aliphatic carbocycles. The second-order valence-corrected chi connectivity index (χ2v) is 12.2. The fraction of sp³-hybridized carbons (Fsp3) is 0.400.